The van der Waals surface area contributed by atoms with E-state index in [2.05, 4.69) is 43.3 Å². The first-order chi connectivity index (χ1) is 7.31. The molecule has 76 valence electrons. The van der Waals surface area contributed by atoms with Crippen molar-refractivity contribution < 1.29 is 4.74 Å². The second-order valence-electron chi connectivity index (χ2n) is 4.34. The van der Waals surface area contributed by atoms with Crippen molar-refractivity contribution >= 4 is 10.8 Å². The molecule has 0 radical (unpaired) electrons. The molecule has 1 aliphatic rings. The van der Waals surface area contributed by atoms with Gasteiger partial charge in [0, 0.05) is 6.42 Å². The highest BCUT2D eigenvalue weighted by atomic mass is 16.6. The highest BCUT2D eigenvalue weighted by molar-refractivity contribution is 5.83. The smallest absolute Gasteiger partial charge is 0.0850 e. The van der Waals surface area contributed by atoms with E-state index in [0.717, 1.165) is 13.0 Å². The molecule has 3 rings (SSSR count). The minimum Gasteiger partial charge on any atom is -0.373 e. The van der Waals surface area contributed by atoms with Crippen LogP contribution < -0.4 is 0 Å². The number of epoxide rings is 1. The maximum atomic E-state index is 5.24. The average molecular weight is 198 g/mol. The van der Waals surface area contributed by atoms with Crippen molar-refractivity contribution in [3.63, 3.8) is 0 Å². The highest BCUT2D eigenvalue weighted by Crippen LogP contribution is 2.21. The number of hydrogen-bond donors (Lipinski definition) is 0. The van der Waals surface area contributed by atoms with Crippen LogP contribution in [0, 0.1) is 6.92 Å². The van der Waals surface area contributed by atoms with Crippen LogP contribution in [0.4, 0.5) is 0 Å². The first kappa shape index (κ1) is 8.93. The molecule has 1 saturated heterocycles. The summed E-state index contributed by atoms with van der Waals surface area (Å²) in [6.45, 7) is 3.07. The van der Waals surface area contributed by atoms with Crippen LogP contribution in [0.25, 0.3) is 10.8 Å². The molecular formula is C14H14O. The Hall–Kier alpha value is -1.34. The third-order valence-electron chi connectivity index (χ3n) is 2.93. The third kappa shape index (κ3) is 1.88. The Labute approximate surface area is 89.7 Å². The summed E-state index contributed by atoms with van der Waals surface area (Å²) in [5.41, 5.74) is 2.70. The van der Waals surface area contributed by atoms with Crippen LogP contribution in [0.1, 0.15) is 11.1 Å². The van der Waals surface area contributed by atoms with Crippen LogP contribution in [-0.2, 0) is 11.2 Å². The summed E-state index contributed by atoms with van der Waals surface area (Å²) in [6.07, 6.45) is 1.54. The van der Waals surface area contributed by atoms with E-state index in [-0.39, 0.29) is 0 Å². The topological polar surface area (TPSA) is 12.5 Å². The van der Waals surface area contributed by atoms with E-state index in [1.165, 1.54) is 21.9 Å². The van der Waals surface area contributed by atoms with E-state index < -0.39 is 0 Å². The Morgan fingerprint density at radius 3 is 2.67 bits per heavy atom. The molecule has 1 unspecified atom stereocenters. The molecular weight excluding hydrogens is 184 g/mol. The van der Waals surface area contributed by atoms with Crippen molar-refractivity contribution in [1.29, 1.82) is 0 Å². The monoisotopic (exact) mass is 198 g/mol. The number of benzene rings is 2. The van der Waals surface area contributed by atoms with Gasteiger partial charge in [0.15, 0.2) is 0 Å². The largest absolute Gasteiger partial charge is 0.373 e. The summed E-state index contributed by atoms with van der Waals surface area (Å²) in [5, 5.41) is 2.66. The maximum absolute atomic E-state index is 5.24. The molecule has 15 heavy (non-hydrogen) atoms. The van der Waals surface area contributed by atoms with E-state index in [4.69, 9.17) is 4.74 Å². The fraction of sp³-hybridized carbons (Fsp3) is 0.286. The van der Waals surface area contributed by atoms with E-state index in [9.17, 15) is 0 Å². The number of rotatable bonds is 2. The summed E-state index contributed by atoms with van der Waals surface area (Å²) in [5.74, 6) is 0. The zero-order chi connectivity index (χ0) is 10.3. The second-order valence-corrected chi connectivity index (χ2v) is 4.34. The first-order valence-electron chi connectivity index (χ1n) is 5.42. The maximum Gasteiger partial charge on any atom is 0.0850 e. The van der Waals surface area contributed by atoms with Crippen LogP contribution in [0.2, 0.25) is 0 Å². The number of aryl methyl sites for hydroxylation is 1. The van der Waals surface area contributed by atoms with E-state index in [1.54, 1.807) is 0 Å². The van der Waals surface area contributed by atoms with E-state index >= 15 is 0 Å². The molecule has 2 aromatic carbocycles. The molecule has 0 N–H and O–H groups in total. The number of ether oxygens (including phenoxy) is 1. The standard InChI is InChI=1S/C14H14O/c1-10-2-4-13-7-11(8-14-9-15-14)3-5-12(13)6-10/h2-7,14H,8-9H2,1H3. The molecule has 1 fully saturated rings. The van der Waals surface area contributed by atoms with Crippen molar-refractivity contribution in [3.05, 3.63) is 47.5 Å². The van der Waals surface area contributed by atoms with Crippen LogP contribution in [0.15, 0.2) is 36.4 Å². The van der Waals surface area contributed by atoms with Gasteiger partial charge in [-0.3, -0.25) is 0 Å². The van der Waals surface area contributed by atoms with E-state index in [0.29, 0.717) is 6.10 Å². The Bertz CT molecular complexity index is 498. The molecule has 1 heteroatoms. The minimum atomic E-state index is 0.480. The van der Waals surface area contributed by atoms with Crippen LogP contribution in [0.3, 0.4) is 0 Å². The molecule has 1 atom stereocenters. The number of fused-ring (bicyclic) bond motifs is 1. The molecule has 0 saturated carbocycles. The van der Waals surface area contributed by atoms with Gasteiger partial charge >= 0.3 is 0 Å². The molecule has 2 aromatic rings. The fourth-order valence-electron chi connectivity index (χ4n) is 1.99. The van der Waals surface area contributed by atoms with Crippen LogP contribution >= 0.6 is 0 Å². The Morgan fingerprint density at radius 1 is 1.13 bits per heavy atom. The zero-order valence-corrected chi connectivity index (χ0v) is 8.86. The van der Waals surface area contributed by atoms with Gasteiger partial charge in [0.05, 0.1) is 12.7 Å². The lowest BCUT2D eigenvalue weighted by Gasteiger charge is -2.03. The quantitative estimate of drug-likeness (QED) is 0.675. The molecule has 1 aliphatic heterocycles. The summed E-state index contributed by atoms with van der Waals surface area (Å²) in [4.78, 5) is 0. The van der Waals surface area contributed by atoms with Gasteiger partial charge in [0.2, 0.25) is 0 Å². The van der Waals surface area contributed by atoms with Gasteiger partial charge in [-0.15, -0.1) is 0 Å². The van der Waals surface area contributed by atoms with E-state index in [1.807, 2.05) is 0 Å². The van der Waals surface area contributed by atoms with Gasteiger partial charge in [0.25, 0.3) is 0 Å². The number of hydrogen-bond acceptors (Lipinski definition) is 1. The summed E-state index contributed by atoms with van der Waals surface area (Å²) in [7, 11) is 0. The fourth-order valence-corrected chi connectivity index (χ4v) is 1.99. The third-order valence-corrected chi connectivity index (χ3v) is 2.93. The van der Waals surface area contributed by atoms with Crippen LogP contribution in [0.5, 0.6) is 0 Å². The Kier molecular flexibility index (Phi) is 2.00. The lowest BCUT2D eigenvalue weighted by Crippen LogP contribution is -1.92. The molecule has 0 aromatic heterocycles. The zero-order valence-electron chi connectivity index (χ0n) is 8.86. The van der Waals surface area contributed by atoms with Gasteiger partial charge in [-0.05, 0) is 23.3 Å². The predicted octanol–water partition coefficient (Wildman–Crippen LogP) is 3.09. The minimum absolute atomic E-state index is 0.480. The Balaban J connectivity index is 2.01. The molecule has 0 bridgehead atoms. The summed E-state index contributed by atoms with van der Waals surface area (Å²) in [6, 6.07) is 13.3. The SMILES string of the molecule is Cc1ccc2cc(CC3CO3)ccc2c1. The average Bonchev–Trinajstić information content (AvgIpc) is 3.02. The van der Waals surface area contributed by atoms with Gasteiger partial charge in [-0.1, -0.05) is 42.0 Å². The molecule has 0 aliphatic carbocycles. The molecule has 1 heterocycles. The normalized spacial score (nSPS) is 19.4. The molecule has 0 spiro atoms. The van der Waals surface area contributed by atoms with Gasteiger partial charge in [-0.25, -0.2) is 0 Å². The first-order valence-corrected chi connectivity index (χ1v) is 5.42. The van der Waals surface area contributed by atoms with Gasteiger partial charge in [0.1, 0.15) is 0 Å². The Morgan fingerprint density at radius 2 is 1.87 bits per heavy atom. The second kappa shape index (κ2) is 3.35. The predicted molar refractivity (Wildman–Crippen MR) is 62.1 cm³/mol. The van der Waals surface area contributed by atoms with Crippen molar-refractivity contribution in [2.75, 3.05) is 6.61 Å². The lowest BCUT2D eigenvalue weighted by molar-refractivity contribution is 0.407. The van der Waals surface area contributed by atoms with Crippen LogP contribution in [-0.4, -0.2) is 12.7 Å². The lowest BCUT2D eigenvalue weighted by atomic mass is 10.0. The van der Waals surface area contributed by atoms with Crippen molar-refractivity contribution in [3.8, 4) is 0 Å². The van der Waals surface area contributed by atoms with Gasteiger partial charge in [-0.2, -0.15) is 0 Å². The molecule has 1 nitrogen and oxygen atoms in total. The van der Waals surface area contributed by atoms with Crippen molar-refractivity contribution in [1.82, 2.24) is 0 Å². The molecule has 0 amide bonds. The summed E-state index contributed by atoms with van der Waals surface area (Å²) < 4.78 is 5.24. The van der Waals surface area contributed by atoms with Crippen molar-refractivity contribution in [2.45, 2.75) is 19.4 Å². The van der Waals surface area contributed by atoms with Gasteiger partial charge < -0.3 is 4.74 Å². The van der Waals surface area contributed by atoms with Crippen molar-refractivity contribution in [2.24, 2.45) is 0 Å². The summed E-state index contributed by atoms with van der Waals surface area (Å²) >= 11 is 0. The highest BCUT2D eigenvalue weighted by Gasteiger charge is 2.22.